The van der Waals surface area contributed by atoms with Crippen LogP contribution >= 0.6 is 11.6 Å². The molecule has 2 bridgehead atoms. The van der Waals surface area contributed by atoms with Crippen LogP contribution in [0.2, 0.25) is 0 Å². The summed E-state index contributed by atoms with van der Waals surface area (Å²) in [5.74, 6) is -0.993. The van der Waals surface area contributed by atoms with Gasteiger partial charge in [-0.2, -0.15) is 0 Å². The fraction of sp³-hybridized carbons (Fsp3) is 0.625. The van der Waals surface area contributed by atoms with Crippen molar-refractivity contribution in [2.24, 2.45) is 28.6 Å². The summed E-state index contributed by atoms with van der Waals surface area (Å²) >= 11 is 5.45. The molecule has 0 aromatic heterocycles. The molecule has 3 aliphatic rings. The number of hydrogen-bond donors (Lipinski definition) is 1. The van der Waals surface area contributed by atoms with Gasteiger partial charge in [0.1, 0.15) is 12.6 Å². The van der Waals surface area contributed by atoms with Gasteiger partial charge in [0, 0.05) is 12.3 Å². The highest BCUT2D eigenvalue weighted by atomic mass is 35.5. The van der Waals surface area contributed by atoms with E-state index in [0.717, 1.165) is 18.4 Å². The zero-order valence-corrected chi connectivity index (χ0v) is 19.0. The number of esters is 2. The highest BCUT2D eigenvalue weighted by Gasteiger charge is 2.71. The maximum Gasteiger partial charge on any atom is 0.324 e. The molecule has 2 saturated carbocycles. The van der Waals surface area contributed by atoms with E-state index in [1.54, 1.807) is 0 Å². The van der Waals surface area contributed by atoms with Gasteiger partial charge in [-0.15, -0.1) is 0 Å². The molecule has 1 aliphatic heterocycles. The molecule has 1 saturated heterocycles. The first kappa shape index (κ1) is 22.3. The zero-order chi connectivity index (χ0) is 22.4. The molecule has 1 aromatic carbocycles. The van der Waals surface area contributed by atoms with Gasteiger partial charge >= 0.3 is 11.9 Å². The molecule has 31 heavy (non-hydrogen) atoms. The standard InChI is InChI=1S/C24H30ClNO5/c1-23(2)15-11-12-24(23,3)19(20-26-16(21(28)31-20)9-10-17(25)27)18(15)22(29)30-13-14-7-5-4-6-8-14/h4-8,15-16,18-20,26H,9-13H2,1-3H3/t15?,16?,18-,19?,20?,24?/m0/s1. The Balaban J connectivity index is 1.54. The number of benzene rings is 1. The van der Waals surface area contributed by atoms with Crippen molar-refractivity contribution in [1.82, 2.24) is 5.32 Å². The summed E-state index contributed by atoms with van der Waals surface area (Å²) in [5, 5.41) is 2.78. The number of hydrogen-bond acceptors (Lipinski definition) is 6. The first-order chi connectivity index (χ1) is 14.6. The van der Waals surface area contributed by atoms with E-state index in [1.165, 1.54) is 0 Å². The second-order valence-corrected chi connectivity index (χ2v) is 10.3. The molecule has 4 rings (SSSR count). The highest BCUT2D eigenvalue weighted by molar-refractivity contribution is 6.63. The Morgan fingerprint density at radius 2 is 1.94 bits per heavy atom. The monoisotopic (exact) mass is 447 g/mol. The fourth-order valence-corrected chi connectivity index (χ4v) is 6.34. The van der Waals surface area contributed by atoms with E-state index in [9.17, 15) is 14.4 Å². The van der Waals surface area contributed by atoms with Crippen molar-refractivity contribution in [3.05, 3.63) is 35.9 Å². The molecule has 5 unspecified atom stereocenters. The summed E-state index contributed by atoms with van der Waals surface area (Å²) in [6.07, 6.45) is 1.73. The zero-order valence-electron chi connectivity index (χ0n) is 18.2. The smallest absolute Gasteiger partial charge is 0.324 e. The Morgan fingerprint density at radius 1 is 1.23 bits per heavy atom. The van der Waals surface area contributed by atoms with Crippen molar-refractivity contribution in [2.45, 2.75) is 65.3 Å². The first-order valence-corrected chi connectivity index (χ1v) is 11.4. The third-order valence-electron chi connectivity index (χ3n) is 8.27. The normalized spacial score (nSPS) is 35.7. The summed E-state index contributed by atoms with van der Waals surface area (Å²) in [5.41, 5.74) is 0.674. The lowest BCUT2D eigenvalue weighted by Gasteiger charge is -2.42. The van der Waals surface area contributed by atoms with Gasteiger partial charge in [-0.25, -0.2) is 0 Å². The van der Waals surface area contributed by atoms with Crippen LogP contribution in [-0.2, 0) is 30.5 Å². The summed E-state index contributed by atoms with van der Waals surface area (Å²) < 4.78 is 11.5. The molecule has 1 aromatic rings. The Labute approximate surface area is 188 Å². The molecule has 0 spiro atoms. The summed E-state index contributed by atoms with van der Waals surface area (Å²) in [6.45, 7) is 6.85. The molecule has 3 fully saturated rings. The Bertz CT molecular complexity index is 872. The molecule has 1 N–H and O–H groups in total. The molecule has 7 heteroatoms. The van der Waals surface area contributed by atoms with Crippen LogP contribution in [0.4, 0.5) is 0 Å². The number of fused-ring (bicyclic) bond motifs is 2. The van der Waals surface area contributed by atoms with Crippen LogP contribution in [0, 0.1) is 28.6 Å². The summed E-state index contributed by atoms with van der Waals surface area (Å²) in [4.78, 5) is 36.9. The van der Waals surface area contributed by atoms with E-state index < -0.39 is 17.5 Å². The van der Waals surface area contributed by atoms with Crippen molar-refractivity contribution in [1.29, 1.82) is 0 Å². The Morgan fingerprint density at radius 3 is 2.61 bits per heavy atom. The third-order valence-corrected chi connectivity index (χ3v) is 8.46. The lowest BCUT2D eigenvalue weighted by molar-refractivity contribution is -0.162. The largest absolute Gasteiger partial charge is 0.461 e. The van der Waals surface area contributed by atoms with Crippen LogP contribution in [0.1, 0.15) is 52.0 Å². The predicted molar refractivity (Wildman–Crippen MR) is 115 cm³/mol. The van der Waals surface area contributed by atoms with E-state index in [0.29, 0.717) is 0 Å². The van der Waals surface area contributed by atoms with Crippen LogP contribution in [-0.4, -0.2) is 29.5 Å². The van der Waals surface area contributed by atoms with E-state index in [-0.39, 0.29) is 60.0 Å². The molecule has 6 atom stereocenters. The topological polar surface area (TPSA) is 81.7 Å². The van der Waals surface area contributed by atoms with Crippen molar-refractivity contribution in [2.75, 3.05) is 0 Å². The number of carbonyl (C=O) groups is 3. The lowest BCUT2D eigenvalue weighted by atomic mass is 9.65. The van der Waals surface area contributed by atoms with Gasteiger partial charge in [0.2, 0.25) is 5.24 Å². The molecule has 168 valence electrons. The van der Waals surface area contributed by atoms with Crippen molar-refractivity contribution in [3.8, 4) is 0 Å². The SMILES string of the molecule is CC1(C)C2CCC1(C)C(C1NC(CCC(=O)Cl)C(=O)O1)[C@H]2C(=O)OCc1ccccc1. The van der Waals surface area contributed by atoms with Gasteiger partial charge in [-0.3, -0.25) is 19.7 Å². The van der Waals surface area contributed by atoms with Crippen LogP contribution in [0.25, 0.3) is 0 Å². The Kier molecular flexibility index (Phi) is 5.90. The maximum absolute atomic E-state index is 13.3. The number of carbonyl (C=O) groups excluding carboxylic acids is 3. The van der Waals surface area contributed by atoms with E-state index in [4.69, 9.17) is 21.1 Å². The van der Waals surface area contributed by atoms with Gasteiger partial charge < -0.3 is 9.47 Å². The van der Waals surface area contributed by atoms with Gasteiger partial charge in [0.05, 0.1) is 5.92 Å². The molecule has 6 nitrogen and oxygen atoms in total. The average molecular weight is 448 g/mol. The van der Waals surface area contributed by atoms with Crippen LogP contribution in [0.3, 0.4) is 0 Å². The van der Waals surface area contributed by atoms with Gasteiger partial charge in [0.25, 0.3) is 0 Å². The quantitative estimate of drug-likeness (QED) is 0.505. The number of rotatable bonds is 7. The van der Waals surface area contributed by atoms with E-state index in [2.05, 4.69) is 26.1 Å². The van der Waals surface area contributed by atoms with E-state index in [1.807, 2.05) is 30.3 Å². The molecule has 2 aliphatic carbocycles. The van der Waals surface area contributed by atoms with E-state index >= 15 is 0 Å². The lowest BCUT2D eigenvalue weighted by Crippen LogP contribution is -2.48. The average Bonchev–Trinajstić information content (AvgIpc) is 3.26. The second-order valence-electron chi connectivity index (χ2n) is 9.90. The molecule has 0 amide bonds. The van der Waals surface area contributed by atoms with Crippen molar-refractivity contribution in [3.63, 3.8) is 0 Å². The molecule has 1 heterocycles. The van der Waals surface area contributed by atoms with Crippen molar-refractivity contribution < 1.29 is 23.9 Å². The molecular weight excluding hydrogens is 418 g/mol. The van der Waals surface area contributed by atoms with Gasteiger partial charge in [-0.1, -0.05) is 51.1 Å². The minimum atomic E-state index is -0.584. The highest BCUT2D eigenvalue weighted by Crippen LogP contribution is 2.71. The third kappa shape index (κ3) is 3.78. The van der Waals surface area contributed by atoms with Crippen LogP contribution < -0.4 is 5.32 Å². The summed E-state index contributed by atoms with van der Waals surface area (Å²) in [6, 6.07) is 9.04. The maximum atomic E-state index is 13.3. The Hall–Kier alpha value is -1.92. The molecule has 0 radical (unpaired) electrons. The van der Waals surface area contributed by atoms with Gasteiger partial charge in [-0.05, 0) is 53.2 Å². The number of ether oxygens (including phenoxy) is 2. The minimum Gasteiger partial charge on any atom is -0.461 e. The van der Waals surface area contributed by atoms with Crippen LogP contribution in [0.15, 0.2) is 30.3 Å². The number of halogens is 1. The second kappa shape index (κ2) is 8.21. The summed E-state index contributed by atoms with van der Waals surface area (Å²) in [7, 11) is 0. The van der Waals surface area contributed by atoms with Crippen molar-refractivity contribution >= 4 is 28.8 Å². The number of cyclic esters (lactones) is 1. The fourth-order valence-electron chi connectivity index (χ4n) is 6.23. The predicted octanol–water partition coefficient (Wildman–Crippen LogP) is 3.81. The number of nitrogens with one attached hydrogen (secondary N) is 1. The molecular formula is C24H30ClNO5. The van der Waals surface area contributed by atoms with Gasteiger partial charge in [0.15, 0.2) is 6.23 Å². The van der Waals surface area contributed by atoms with Crippen LogP contribution in [0.5, 0.6) is 0 Å². The minimum absolute atomic E-state index is 0.0909. The first-order valence-electron chi connectivity index (χ1n) is 11.0.